The summed E-state index contributed by atoms with van der Waals surface area (Å²) in [5.74, 6) is 0.827. The van der Waals surface area contributed by atoms with Crippen molar-refractivity contribution in [3.8, 4) is 5.75 Å². The van der Waals surface area contributed by atoms with Crippen LogP contribution >= 0.6 is 22.9 Å². The first-order chi connectivity index (χ1) is 18.9. The summed E-state index contributed by atoms with van der Waals surface area (Å²) in [5.41, 5.74) is 2.58. The summed E-state index contributed by atoms with van der Waals surface area (Å²) in [7, 11) is 0. The van der Waals surface area contributed by atoms with E-state index >= 15 is 0 Å². The average molecular weight is 570 g/mol. The van der Waals surface area contributed by atoms with Crippen LogP contribution in [0.3, 0.4) is 0 Å². The first kappa shape index (κ1) is 26.3. The zero-order valence-corrected chi connectivity index (χ0v) is 22.9. The van der Waals surface area contributed by atoms with Crippen molar-refractivity contribution in [3.05, 3.63) is 81.2 Å². The molecule has 0 amide bonds. The van der Waals surface area contributed by atoms with Gasteiger partial charge in [0.1, 0.15) is 33.7 Å². The number of halogens is 2. The van der Waals surface area contributed by atoms with E-state index in [-0.39, 0.29) is 18.5 Å². The summed E-state index contributed by atoms with van der Waals surface area (Å²) in [6.07, 6.45) is 3.20. The molecule has 1 N–H and O–H groups in total. The third kappa shape index (κ3) is 5.82. The van der Waals surface area contributed by atoms with Gasteiger partial charge < -0.3 is 19.1 Å². The molecule has 0 radical (unpaired) electrons. The molecule has 2 aromatic carbocycles. The van der Waals surface area contributed by atoms with Crippen LogP contribution in [0.15, 0.2) is 48.5 Å². The first-order valence-electron chi connectivity index (χ1n) is 13.2. The molecule has 2 aliphatic rings. The number of likely N-dealkylation sites (tertiary alicyclic amines) is 1. The Morgan fingerprint density at radius 2 is 2.00 bits per heavy atom. The van der Waals surface area contributed by atoms with Crippen LogP contribution in [0.4, 0.5) is 4.39 Å². The minimum absolute atomic E-state index is 0.148. The molecule has 0 spiro atoms. The first-order valence-corrected chi connectivity index (χ1v) is 14.4. The molecule has 204 valence electrons. The minimum Gasteiger partial charge on any atom is -0.489 e. The Morgan fingerprint density at radius 1 is 1.18 bits per heavy atom. The van der Waals surface area contributed by atoms with Gasteiger partial charge in [0.2, 0.25) is 0 Å². The van der Waals surface area contributed by atoms with Crippen molar-refractivity contribution in [1.29, 1.82) is 0 Å². The SMILES string of the molecule is O=C(O)c1cc2c(nc(CN3CCC(c4cccc(OCc5ccc(Cl)cc5F)c4)CC3)n2CC2CCO2)s1. The number of benzene rings is 2. The maximum Gasteiger partial charge on any atom is 0.346 e. The van der Waals surface area contributed by atoms with Gasteiger partial charge in [-0.05, 0) is 74.2 Å². The van der Waals surface area contributed by atoms with Gasteiger partial charge in [-0.3, -0.25) is 4.90 Å². The molecule has 4 aromatic rings. The Labute approximate surface area is 234 Å². The normalized spacial score (nSPS) is 18.4. The van der Waals surface area contributed by atoms with Crippen molar-refractivity contribution in [2.75, 3.05) is 19.7 Å². The number of hydrogen-bond acceptors (Lipinski definition) is 6. The second-order valence-corrected chi connectivity index (χ2v) is 11.6. The number of aromatic nitrogens is 2. The predicted octanol–water partition coefficient (Wildman–Crippen LogP) is 6.34. The van der Waals surface area contributed by atoms with Gasteiger partial charge in [-0.15, -0.1) is 11.3 Å². The van der Waals surface area contributed by atoms with Gasteiger partial charge in [0.25, 0.3) is 0 Å². The molecule has 2 aliphatic heterocycles. The van der Waals surface area contributed by atoms with Crippen LogP contribution in [0.5, 0.6) is 5.75 Å². The quantitative estimate of drug-likeness (QED) is 0.254. The van der Waals surface area contributed by atoms with Crippen molar-refractivity contribution in [2.45, 2.75) is 51.0 Å². The van der Waals surface area contributed by atoms with Gasteiger partial charge in [-0.1, -0.05) is 29.8 Å². The molecule has 0 saturated carbocycles. The van der Waals surface area contributed by atoms with Crippen LogP contribution in [0.25, 0.3) is 10.3 Å². The number of nitrogens with zero attached hydrogens (tertiary/aromatic N) is 3. The lowest BCUT2D eigenvalue weighted by atomic mass is 9.89. The van der Waals surface area contributed by atoms with Gasteiger partial charge >= 0.3 is 5.97 Å². The summed E-state index contributed by atoms with van der Waals surface area (Å²) in [6, 6.07) is 14.4. The molecular formula is C29H29ClFN3O4S. The molecule has 1 unspecified atom stereocenters. The number of ether oxygens (including phenoxy) is 2. The number of thiophene rings is 1. The maximum absolute atomic E-state index is 14.1. The van der Waals surface area contributed by atoms with Crippen molar-refractivity contribution in [1.82, 2.24) is 14.5 Å². The summed E-state index contributed by atoms with van der Waals surface area (Å²) in [6.45, 7) is 4.22. The van der Waals surface area contributed by atoms with E-state index in [1.54, 1.807) is 18.2 Å². The summed E-state index contributed by atoms with van der Waals surface area (Å²) in [4.78, 5) is 19.8. The molecule has 39 heavy (non-hydrogen) atoms. The van der Waals surface area contributed by atoms with Crippen molar-refractivity contribution >= 4 is 39.3 Å². The Balaban J connectivity index is 1.09. The molecule has 6 rings (SSSR count). The van der Waals surface area contributed by atoms with Crippen LogP contribution in [0.1, 0.15) is 51.8 Å². The number of piperidine rings is 1. The number of imidazole rings is 1. The highest BCUT2D eigenvalue weighted by Crippen LogP contribution is 2.33. The largest absolute Gasteiger partial charge is 0.489 e. The van der Waals surface area contributed by atoms with Gasteiger partial charge in [0, 0.05) is 17.2 Å². The van der Waals surface area contributed by atoms with Crippen molar-refractivity contribution in [3.63, 3.8) is 0 Å². The Morgan fingerprint density at radius 3 is 2.72 bits per heavy atom. The molecule has 0 aliphatic carbocycles. The fourth-order valence-corrected chi connectivity index (χ4v) is 6.36. The molecule has 10 heteroatoms. The van der Waals surface area contributed by atoms with Crippen LogP contribution in [0, 0.1) is 5.82 Å². The third-order valence-electron chi connectivity index (χ3n) is 7.61. The second-order valence-electron chi connectivity index (χ2n) is 10.2. The van der Waals surface area contributed by atoms with Crippen molar-refractivity contribution < 1.29 is 23.8 Å². The fourth-order valence-electron chi connectivity index (χ4n) is 5.31. The molecular weight excluding hydrogens is 541 g/mol. The smallest absolute Gasteiger partial charge is 0.346 e. The van der Waals surface area contributed by atoms with E-state index < -0.39 is 5.97 Å². The van der Waals surface area contributed by atoms with E-state index in [2.05, 4.69) is 21.6 Å². The second kappa shape index (κ2) is 11.3. The lowest BCUT2D eigenvalue weighted by Crippen LogP contribution is -2.35. The fraction of sp³-hybridized carbons (Fsp3) is 0.379. The average Bonchev–Trinajstić information content (AvgIpc) is 3.45. The van der Waals surface area contributed by atoms with Crippen LogP contribution in [-0.2, 0) is 24.4 Å². The van der Waals surface area contributed by atoms with E-state index in [9.17, 15) is 14.3 Å². The van der Waals surface area contributed by atoms with E-state index in [0.29, 0.717) is 27.9 Å². The van der Waals surface area contributed by atoms with E-state index in [0.717, 1.165) is 67.4 Å². The van der Waals surface area contributed by atoms with E-state index in [1.807, 2.05) is 12.1 Å². The number of carbonyl (C=O) groups is 1. The zero-order chi connectivity index (χ0) is 26.9. The van der Waals surface area contributed by atoms with Crippen molar-refractivity contribution in [2.24, 2.45) is 0 Å². The number of hydrogen-bond donors (Lipinski definition) is 1. The molecule has 0 bridgehead atoms. The van der Waals surface area contributed by atoms with Gasteiger partial charge in [-0.2, -0.15) is 0 Å². The molecule has 7 nitrogen and oxygen atoms in total. The predicted molar refractivity (Wildman–Crippen MR) is 148 cm³/mol. The van der Waals surface area contributed by atoms with Gasteiger partial charge in [0.15, 0.2) is 0 Å². The topological polar surface area (TPSA) is 76.8 Å². The Kier molecular flexibility index (Phi) is 7.57. The monoisotopic (exact) mass is 569 g/mol. The standard InChI is InChI=1S/C29H29ClFN3O4S/c30-21-5-4-20(24(31)13-21)17-38-22-3-1-2-19(12-22)18-6-9-33(10-7-18)16-27-32-28-25(14-26(39-28)29(35)36)34(27)15-23-8-11-37-23/h1-5,12-14,18,23H,6-11,15-17H2,(H,35,36). The lowest BCUT2D eigenvalue weighted by molar-refractivity contribution is -0.0592. The lowest BCUT2D eigenvalue weighted by Gasteiger charge is -2.33. The van der Waals surface area contributed by atoms with Crippen LogP contribution in [0.2, 0.25) is 5.02 Å². The number of aromatic carboxylic acids is 1. The number of carboxylic acids is 1. The Bertz CT molecular complexity index is 1490. The number of carboxylic acid groups (broad SMARTS) is 1. The van der Waals surface area contributed by atoms with Gasteiger partial charge in [0.05, 0.1) is 24.7 Å². The highest BCUT2D eigenvalue weighted by molar-refractivity contribution is 7.20. The highest BCUT2D eigenvalue weighted by Gasteiger charge is 2.26. The van der Waals surface area contributed by atoms with Gasteiger partial charge in [-0.25, -0.2) is 14.2 Å². The molecule has 4 heterocycles. The van der Waals surface area contributed by atoms with Crippen LogP contribution in [-0.4, -0.2) is 51.3 Å². The minimum atomic E-state index is -0.917. The molecule has 1 atom stereocenters. The number of fused-ring (bicyclic) bond motifs is 1. The molecule has 2 aromatic heterocycles. The summed E-state index contributed by atoms with van der Waals surface area (Å²) >= 11 is 7.08. The third-order valence-corrected chi connectivity index (χ3v) is 8.85. The summed E-state index contributed by atoms with van der Waals surface area (Å²) in [5, 5.41) is 9.78. The number of rotatable bonds is 9. The maximum atomic E-state index is 14.1. The van der Waals surface area contributed by atoms with E-state index in [1.165, 1.54) is 23.0 Å². The van der Waals surface area contributed by atoms with Crippen LogP contribution < -0.4 is 4.74 Å². The molecule has 2 fully saturated rings. The summed E-state index contributed by atoms with van der Waals surface area (Å²) < 4.78 is 27.8. The highest BCUT2D eigenvalue weighted by atomic mass is 35.5. The zero-order valence-electron chi connectivity index (χ0n) is 21.3. The molecule has 2 saturated heterocycles. The van der Waals surface area contributed by atoms with E-state index in [4.69, 9.17) is 26.1 Å². The Hall–Kier alpha value is -2.98.